The van der Waals surface area contributed by atoms with Gasteiger partial charge in [0.25, 0.3) is 0 Å². The summed E-state index contributed by atoms with van der Waals surface area (Å²) in [6, 6.07) is 5.23. The molecule has 0 radical (unpaired) electrons. The summed E-state index contributed by atoms with van der Waals surface area (Å²) in [6.45, 7) is 0.939. The number of aromatic nitrogens is 1. The lowest BCUT2D eigenvalue weighted by Crippen LogP contribution is -2.39. The van der Waals surface area contributed by atoms with Crippen molar-refractivity contribution in [1.29, 1.82) is 5.26 Å². The maximum absolute atomic E-state index is 14.7. The molecule has 4 rings (SSSR count). The Hall–Kier alpha value is -3.03. The van der Waals surface area contributed by atoms with Crippen molar-refractivity contribution in [2.75, 3.05) is 26.7 Å². The number of alkyl halides is 4. The summed E-state index contributed by atoms with van der Waals surface area (Å²) in [5, 5.41) is 12.5. The summed E-state index contributed by atoms with van der Waals surface area (Å²) < 4.78 is 61.1. The molecule has 1 unspecified atom stereocenters. The zero-order valence-corrected chi connectivity index (χ0v) is 17.4. The smallest absolute Gasteiger partial charge is 0.419 e. The lowest BCUT2D eigenvalue weighted by atomic mass is 9.91. The fraction of sp³-hybridized carbons (Fsp3) is 0.409. The standard InChI is InChI=1S/C22H22F4N5O/c1-31(13-27)14-30-18-12-29-17(11-19(18)31)15-2-3-20(16(10-15)22(24,25)26)32-9-6-21(23)4-7-28-8-5-21/h2-3,10-12,14,28H,4-9H2,1H3/q+1. The number of nitrogens with zero attached hydrogens (tertiary/aromatic N) is 4. The molecule has 1 aromatic carbocycles. The van der Waals surface area contributed by atoms with Crippen molar-refractivity contribution in [3.8, 4) is 23.2 Å². The van der Waals surface area contributed by atoms with E-state index in [4.69, 9.17) is 4.74 Å². The summed E-state index contributed by atoms with van der Waals surface area (Å²) in [6.07, 6.45) is 0.968. The SMILES string of the molecule is C[N+]1(C#N)C=Nc2cnc(-c3ccc(OCCC4(F)CCNCC4)c(C(F)(F)F)c3)cc21. The first-order valence-corrected chi connectivity index (χ1v) is 10.2. The van der Waals surface area contributed by atoms with Crippen molar-refractivity contribution in [3.05, 3.63) is 36.0 Å². The molecule has 10 heteroatoms. The summed E-state index contributed by atoms with van der Waals surface area (Å²) >= 11 is 0. The van der Waals surface area contributed by atoms with Gasteiger partial charge >= 0.3 is 12.4 Å². The highest BCUT2D eigenvalue weighted by Crippen LogP contribution is 2.41. The van der Waals surface area contributed by atoms with Crippen molar-refractivity contribution >= 4 is 17.7 Å². The second-order valence-electron chi connectivity index (χ2n) is 8.19. The van der Waals surface area contributed by atoms with E-state index in [1.165, 1.54) is 24.7 Å². The number of ether oxygens (including phenoxy) is 1. The molecular formula is C22H22F4N5O+. The van der Waals surface area contributed by atoms with Crippen LogP contribution in [-0.4, -0.2) is 43.7 Å². The van der Waals surface area contributed by atoms with E-state index in [1.807, 2.05) is 0 Å². The van der Waals surface area contributed by atoms with E-state index in [0.29, 0.717) is 37.3 Å². The van der Waals surface area contributed by atoms with E-state index in [1.54, 1.807) is 13.1 Å². The third kappa shape index (κ3) is 4.31. The molecule has 2 aliphatic rings. The van der Waals surface area contributed by atoms with Crippen LogP contribution in [0.3, 0.4) is 0 Å². The van der Waals surface area contributed by atoms with Crippen LogP contribution in [0.1, 0.15) is 24.8 Å². The molecule has 0 aliphatic carbocycles. The van der Waals surface area contributed by atoms with Crippen molar-refractivity contribution in [2.45, 2.75) is 31.1 Å². The monoisotopic (exact) mass is 448 g/mol. The number of rotatable bonds is 5. The average molecular weight is 448 g/mol. The van der Waals surface area contributed by atoms with Crippen LogP contribution in [0.15, 0.2) is 35.5 Å². The molecule has 1 saturated heterocycles. The topological polar surface area (TPSA) is 70.3 Å². The van der Waals surface area contributed by atoms with Crippen molar-refractivity contribution < 1.29 is 22.3 Å². The summed E-state index contributed by atoms with van der Waals surface area (Å²) in [5.41, 5.74) is -0.851. The van der Waals surface area contributed by atoms with E-state index in [-0.39, 0.29) is 34.5 Å². The molecule has 2 aromatic rings. The molecule has 2 aliphatic heterocycles. The Labute approximate surface area is 182 Å². The van der Waals surface area contributed by atoms with E-state index >= 15 is 0 Å². The highest BCUT2D eigenvalue weighted by Gasteiger charge is 2.37. The van der Waals surface area contributed by atoms with Gasteiger partial charge in [-0.1, -0.05) is 0 Å². The van der Waals surface area contributed by atoms with E-state index < -0.39 is 17.4 Å². The van der Waals surface area contributed by atoms with Gasteiger partial charge in [0.2, 0.25) is 6.34 Å². The molecule has 6 nitrogen and oxygen atoms in total. The molecule has 1 atom stereocenters. The van der Waals surface area contributed by atoms with Gasteiger partial charge in [0.15, 0.2) is 5.69 Å². The Balaban J connectivity index is 1.59. The van der Waals surface area contributed by atoms with Crippen LogP contribution in [0.25, 0.3) is 11.3 Å². The molecule has 1 fully saturated rings. The van der Waals surface area contributed by atoms with Gasteiger partial charge in [0.05, 0.1) is 31.1 Å². The lowest BCUT2D eigenvalue weighted by molar-refractivity contribution is -0.139. The van der Waals surface area contributed by atoms with Gasteiger partial charge in [-0.15, -0.1) is 5.26 Å². The first-order valence-electron chi connectivity index (χ1n) is 10.2. The second-order valence-corrected chi connectivity index (χ2v) is 8.19. The van der Waals surface area contributed by atoms with Crippen molar-refractivity contribution in [3.63, 3.8) is 0 Å². The fourth-order valence-corrected chi connectivity index (χ4v) is 3.89. The number of aliphatic imine (C=N–C) groups is 1. The average Bonchev–Trinajstić information content (AvgIpc) is 3.10. The lowest BCUT2D eigenvalue weighted by Gasteiger charge is -2.30. The number of pyridine rings is 1. The maximum Gasteiger partial charge on any atom is 0.419 e. The number of piperidine rings is 1. The van der Waals surface area contributed by atoms with Gasteiger partial charge in [0.1, 0.15) is 17.1 Å². The normalized spacial score (nSPS) is 21.8. The molecule has 1 aromatic heterocycles. The first kappa shape index (κ1) is 22.2. The number of hydrogen-bond acceptors (Lipinski definition) is 5. The molecule has 0 spiro atoms. The Morgan fingerprint density at radius 1 is 1.25 bits per heavy atom. The highest BCUT2D eigenvalue weighted by molar-refractivity contribution is 5.91. The van der Waals surface area contributed by atoms with Crippen LogP contribution in [0.2, 0.25) is 0 Å². The molecule has 1 N–H and O–H groups in total. The predicted molar refractivity (Wildman–Crippen MR) is 112 cm³/mol. The Morgan fingerprint density at radius 2 is 2.00 bits per heavy atom. The van der Waals surface area contributed by atoms with Crippen LogP contribution in [-0.2, 0) is 6.18 Å². The second kappa shape index (κ2) is 8.15. The number of halogens is 4. The third-order valence-electron chi connectivity index (χ3n) is 5.89. The summed E-state index contributed by atoms with van der Waals surface area (Å²) in [5.74, 6) is -0.346. The quantitative estimate of drug-likeness (QED) is 0.408. The van der Waals surface area contributed by atoms with Gasteiger partial charge in [-0.3, -0.25) is 4.98 Å². The number of quaternary nitrogens is 1. The zero-order valence-electron chi connectivity index (χ0n) is 17.4. The minimum absolute atomic E-state index is 0.0325. The fourth-order valence-electron chi connectivity index (χ4n) is 3.89. The van der Waals surface area contributed by atoms with E-state index in [9.17, 15) is 22.8 Å². The number of nitriles is 1. The molecule has 168 valence electrons. The van der Waals surface area contributed by atoms with Gasteiger partial charge < -0.3 is 10.1 Å². The number of nitrogens with one attached hydrogen (secondary N) is 1. The maximum atomic E-state index is 14.7. The molecular weight excluding hydrogens is 426 g/mol. The number of hydrogen-bond donors (Lipinski definition) is 1. The first-order chi connectivity index (χ1) is 15.1. The molecule has 3 heterocycles. The van der Waals surface area contributed by atoms with Gasteiger partial charge in [0, 0.05) is 18.1 Å². The summed E-state index contributed by atoms with van der Waals surface area (Å²) in [4.78, 5) is 8.34. The van der Waals surface area contributed by atoms with E-state index in [0.717, 1.165) is 6.07 Å². The van der Waals surface area contributed by atoms with Crippen LogP contribution in [0.4, 0.5) is 28.9 Å². The molecule has 0 saturated carbocycles. The minimum Gasteiger partial charge on any atom is -0.493 e. The Bertz CT molecular complexity index is 1090. The number of benzene rings is 1. The summed E-state index contributed by atoms with van der Waals surface area (Å²) in [7, 11) is 1.62. The Morgan fingerprint density at radius 3 is 2.69 bits per heavy atom. The largest absolute Gasteiger partial charge is 0.493 e. The van der Waals surface area contributed by atoms with E-state index in [2.05, 4.69) is 21.5 Å². The van der Waals surface area contributed by atoms with Gasteiger partial charge in [-0.05, 0) is 44.1 Å². The Kier molecular flexibility index (Phi) is 5.65. The van der Waals surface area contributed by atoms with Gasteiger partial charge in [-0.25, -0.2) is 4.39 Å². The van der Waals surface area contributed by atoms with Crippen LogP contribution < -0.4 is 14.5 Å². The molecule has 0 bridgehead atoms. The van der Waals surface area contributed by atoms with Crippen LogP contribution in [0, 0.1) is 11.5 Å². The van der Waals surface area contributed by atoms with Crippen molar-refractivity contribution in [1.82, 2.24) is 14.8 Å². The van der Waals surface area contributed by atoms with Gasteiger partial charge in [-0.2, -0.15) is 22.6 Å². The third-order valence-corrected chi connectivity index (χ3v) is 5.89. The van der Waals surface area contributed by atoms with Crippen LogP contribution >= 0.6 is 0 Å². The van der Waals surface area contributed by atoms with Crippen molar-refractivity contribution in [2.24, 2.45) is 4.99 Å². The molecule has 32 heavy (non-hydrogen) atoms. The highest BCUT2D eigenvalue weighted by atomic mass is 19.4. The van der Waals surface area contributed by atoms with Crippen LogP contribution in [0.5, 0.6) is 5.75 Å². The minimum atomic E-state index is -4.66. The molecule has 0 amide bonds. The predicted octanol–water partition coefficient (Wildman–Crippen LogP) is 4.72. The number of fused-ring (bicyclic) bond motifs is 1. The zero-order chi connectivity index (χ0) is 23.0.